The first-order chi connectivity index (χ1) is 14.3. The summed E-state index contributed by atoms with van der Waals surface area (Å²) in [7, 11) is 0. The van der Waals surface area contributed by atoms with Crippen LogP contribution in [-0.2, 0) is 11.0 Å². The van der Waals surface area contributed by atoms with Gasteiger partial charge in [0.25, 0.3) is 0 Å². The van der Waals surface area contributed by atoms with Crippen LogP contribution >= 0.6 is 0 Å². The van der Waals surface area contributed by atoms with Crippen molar-refractivity contribution in [2.75, 3.05) is 26.2 Å². The Bertz CT molecular complexity index is 1070. The van der Waals surface area contributed by atoms with Crippen LogP contribution in [0.3, 0.4) is 0 Å². The van der Waals surface area contributed by atoms with E-state index in [0.717, 1.165) is 17.2 Å². The van der Waals surface area contributed by atoms with Crippen LogP contribution in [0.1, 0.15) is 22.3 Å². The van der Waals surface area contributed by atoms with E-state index in [1.165, 1.54) is 18.2 Å². The number of hydrogen-bond acceptors (Lipinski definition) is 3. The fourth-order valence-corrected chi connectivity index (χ4v) is 3.50. The Morgan fingerprint density at radius 1 is 1.17 bits per heavy atom. The molecule has 2 aromatic carbocycles. The quantitative estimate of drug-likeness (QED) is 0.776. The standard InChI is InChI=1S/C23H18F3NO3/c24-23(25,26)20-4-2-1-3-17(20)7-5-15-6-8-18-9-16(14-30-21(18)10-15)11-27-12-19(13-27)22(28)29/h1-4,6,8-10,19H,11-14H2,(H,28,29). The summed E-state index contributed by atoms with van der Waals surface area (Å²) in [5.74, 6) is 4.96. The van der Waals surface area contributed by atoms with Crippen molar-refractivity contribution in [3.8, 4) is 17.6 Å². The summed E-state index contributed by atoms with van der Waals surface area (Å²) in [4.78, 5) is 12.9. The lowest BCUT2D eigenvalue weighted by atomic mass is 9.98. The van der Waals surface area contributed by atoms with Crippen molar-refractivity contribution >= 4 is 12.0 Å². The van der Waals surface area contributed by atoms with Gasteiger partial charge < -0.3 is 9.84 Å². The van der Waals surface area contributed by atoms with E-state index in [1.54, 1.807) is 12.1 Å². The molecule has 0 saturated carbocycles. The minimum atomic E-state index is -4.45. The molecule has 0 aromatic heterocycles. The van der Waals surface area contributed by atoms with Gasteiger partial charge in [-0.1, -0.05) is 30.0 Å². The van der Waals surface area contributed by atoms with Crippen LogP contribution in [0, 0.1) is 17.8 Å². The molecule has 4 nitrogen and oxygen atoms in total. The normalized spacial score (nSPS) is 16.4. The number of fused-ring (bicyclic) bond motifs is 1. The van der Waals surface area contributed by atoms with Gasteiger partial charge in [0, 0.05) is 36.3 Å². The number of carboxylic acids is 1. The third kappa shape index (κ3) is 4.34. The molecule has 2 aliphatic rings. The number of nitrogens with zero attached hydrogens (tertiary/aromatic N) is 1. The van der Waals surface area contributed by atoms with E-state index in [4.69, 9.17) is 9.84 Å². The van der Waals surface area contributed by atoms with Crippen LogP contribution in [0.15, 0.2) is 48.0 Å². The van der Waals surface area contributed by atoms with E-state index in [1.807, 2.05) is 12.1 Å². The lowest BCUT2D eigenvalue weighted by Gasteiger charge is -2.37. The SMILES string of the molecule is O=C(O)C1CN(CC2=Cc3ccc(C#Cc4ccccc4C(F)(F)F)cc3OC2)C1. The van der Waals surface area contributed by atoms with Gasteiger partial charge in [-0.25, -0.2) is 0 Å². The second kappa shape index (κ2) is 7.88. The van der Waals surface area contributed by atoms with Crippen LogP contribution < -0.4 is 4.74 Å². The lowest BCUT2D eigenvalue weighted by molar-refractivity contribution is -0.147. The van der Waals surface area contributed by atoms with Crippen molar-refractivity contribution < 1.29 is 27.8 Å². The van der Waals surface area contributed by atoms with E-state index in [0.29, 0.717) is 37.6 Å². The van der Waals surface area contributed by atoms with Gasteiger partial charge in [0.05, 0.1) is 11.5 Å². The fourth-order valence-electron chi connectivity index (χ4n) is 3.50. The molecule has 2 aliphatic heterocycles. The number of aliphatic carboxylic acids is 1. The predicted octanol–water partition coefficient (Wildman–Crippen LogP) is 3.90. The molecule has 0 atom stereocenters. The topological polar surface area (TPSA) is 49.8 Å². The maximum Gasteiger partial charge on any atom is 0.417 e. The van der Waals surface area contributed by atoms with E-state index in [-0.39, 0.29) is 11.5 Å². The Balaban J connectivity index is 1.48. The number of likely N-dealkylation sites (tertiary alicyclic amines) is 1. The minimum absolute atomic E-state index is 0.0694. The number of carbonyl (C=O) groups is 1. The van der Waals surface area contributed by atoms with Gasteiger partial charge in [0.1, 0.15) is 12.4 Å². The van der Waals surface area contributed by atoms with Crippen LogP contribution in [0.4, 0.5) is 13.2 Å². The first kappa shape index (κ1) is 20.0. The van der Waals surface area contributed by atoms with Crippen molar-refractivity contribution in [1.29, 1.82) is 0 Å². The average molecular weight is 413 g/mol. The van der Waals surface area contributed by atoms with Gasteiger partial charge >= 0.3 is 12.1 Å². The molecule has 1 saturated heterocycles. The molecule has 2 aromatic rings. The summed E-state index contributed by atoms with van der Waals surface area (Å²) in [6.45, 7) is 2.11. The highest BCUT2D eigenvalue weighted by Crippen LogP contribution is 2.32. The third-order valence-electron chi connectivity index (χ3n) is 5.09. The molecule has 7 heteroatoms. The molecule has 154 valence electrons. The number of carboxylic acid groups (broad SMARTS) is 1. The summed E-state index contributed by atoms with van der Waals surface area (Å²) in [5, 5.41) is 8.95. The Hall–Kier alpha value is -3.24. The number of alkyl halides is 3. The van der Waals surface area contributed by atoms with Crippen molar-refractivity contribution in [2.24, 2.45) is 5.92 Å². The molecule has 1 N–H and O–H groups in total. The Morgan fingerprint density at radius 2 is 1.93 bits per heavy atom. The summed E-state index contributed by atoms with van der Waals surface area (Å²) in [6, 6.07) is 10.5. The van der Waals surface area contributed by atoms with Gasteiger partial charge in [-0.2, -0.15) is 13.2 Å². The summed E-state index contributed by atoms with van der Waals surface area (Å²) in [5.41, 5.74) is 1.65. The molecule has 2 heterocycles. The van der Waals surface area contributed by atoms with Crippen LogP contribution in [0.25, 0.3) is 6.08 Å². The highest BCUT2D eigenvalue weighted by atomic mass is 19.4. The number of benzene rings is 2. The Morgan fingerprint density at radius 3 is 2.67 bits per heavy atom. The number of rotatable bonds is 3. The van der Waals surface area contributed by atoms with Gasteiger partial charge in [0.2, 0.25) is 0 Å². The van der Waals surface area contributed by atoms with E-state index >= 15 is 0 Å². The molecule has 0 radical (unpaired) electrons. The van der Waals surface area contributed by atoms with E-state index < -0.39 is 17.7 Å². The average Bonchev–Trinajstić information content (AvgIpc) is 2.68. The second-order valence-electron chi connectivity index (χ2n) is 7.37. The van der Waals surface area contributed by atoms with E-state index in [9.17, 15) is 18.0 Å². The summed E-state index contributed by atoms with van der Waals surface area (Å²) < 4.78 is 45.1. The monoisotopic (exact) mass is 413 g/mol. The largest absolute Gasteiger partial charge is 0.489 e. The van der Waals surface area contributed by atoms with Crippen LogP contribution in [0.2, 0.25) is 0 Å². The molecule has 0 aliphatic carbocycles. The van der Waals surface area contributed by atoms with Gasteiger partial charge in [0.15, 0.2) is 0 Å². The van der Waals surface area contributed by atoms with E-state index in [2.05, 4.69) is 16.7 Å². The predicted molar refractivity (Wildman–Crippen MR) is 105 cm³/mol. The van der Waals surface area contributed by atoms with Crippen molar-refractivity contribution in [2.45, 2.75) is 6.18 Å². The molecule has 0 amide bonds. The molecule has 4 rings (SSSR count). The van der Waals surface area contributed by atoms with Gasteiger partial charge in [-0.3, -0.25) is 9.69 Å². The maximum atomic E-state index is 13.1. The molecule has 30 heavy (non-hydrogen) atoms. The summed E-state index contributed by atoms with van der Waals surface area (Å²) >= 11 is 0. The maximum absolute atomic E-state index is 13.1. The lowest BCUT2D eigenvalue weighted by Crippen LogP contribution is -2.51. The smallest absolute Gasteiger partial charge is 0.417 e. The molecular formula is C23H18F3NO3. The first-order valence-electron chi connectivity index (χ1n) is 9.39. The molecular weight excluding hydrogens is 395 g/mol. The number of ether oxygens (including phenoxy) is 1. The van der Waals surface area contributed by atoms with Crippen molar-refractivity contribution in [1.82, 2.24) is 4.90 Å². The zero-order valence-electron chi connectivity index (χ0n) is 15.9. The first-order valence-corrected chi connectivity index (χ1v) is 9.39. The highest BCUT2D eigenvalue weighted by molar-refractivity contribution is 5.71. The second-order valence-corrected chi connectivity index (χ2v) is 7.37. The molecule has 0 bridgehead atoms. The minimum Gasteiger partial charge on any atom is -0.489 e. The zero-order valence-corrected chi connectivity index (χ0v) is 15.9. The molecule has 0 spiro atoms. The highest BCUT2D eigenvalue weighted by Gasteiger charge is 2.33. The number of halogens is 3. The zero-order chi connectivity index (χ0) is 21.3. The summed E-state index contributed by atoms with van der Waals surface area (Å²) in [6.07, 6.45) is -2.45. The van der Waals surface area contributed by atoms with Gasteiger partial charge in [-0.05, 0) is 35.9 Å². The fraction of sp³-hybridized carbons (Fsp3) is 0.261. The van der Waals surface area contributed by atoms with Crippen molar-refractivity contribution in [3.05, 3.63) is 70.3 Å². The van der Waals surface area contributed by atoms with Crippen LogP contribution in [0.5, 0.6) is 5.75 Å². The number of hydrogen-bond donors (Lipinski definition) is 1. The Labute approximate surface area is 171 Å². The molecule has 1 fully saturated rings. The molecule has 0 unspecified atom stereocenters. The third-order valence-corrected chi connectivity index (χ3v) is 5.09. The van der Waals surface area contributed by atoms with Gasteiger partial charge in [-0.15, -0.1) is 0 Å². The Kier molecular flexibility index (Phi) is 5.27. The van der Waals surface area contributed by atoms with Crippen LogP contribution in [-0.4, -0.2) is 42.2 Å². The van der Waals surface area contributed by atoms with Crippen molar-refractivity contribution in [3.63, 3.8) is 0 Å².